The molecule has 44 valence electrons. The van der Waals surface area contributed by atoms with Crippen LogP contribution < -0.4 is 11.1 Å². The van der Waals surface area contributed by atoms with Crippen molar-refractivity contribution in [2.45, 2.75) is 19.4 Å². The topological polar surface area (TPSA) is 38.0 Å². The summed E-state index contributed by atoms with van der Waals surface area (Å²) in [5.74, 6) is 0. The van der Waals surface area contributed by atoms with E-state index in [9.17, 15) is 0 Å². The molecule has 0 saturated heterocycles. The fourth-order valence-corrected chi connectivity index (χ4v) is 0.407. The van der Waals surface area contributed by atoms with Crippen molar-refractivity contribution in [3.05, 3.63) is 0 Å². The van der Waals surface area contributed by atoms with E-state index in [0.717, 1.165) is 13.0 Å². The molecule has 2 heteroatoms. The fraction of sp³-hybridized carbons (Fsp3) is 1.00. The van der Waals surface area contributed by atoms with Gasteiger partial charge in [0.25, 0.3) is 0 Å². The van der Waals surface area contributed by atoms with E-state index >= 15 is 0 Å². The zero-order valence-corrected chi connectivity index (χ0v) is 5.07. The molecule has 7 heavy (non-hydrogen) atoms. The first-order valence-electron chi connectivity index (χ1n) is 2.71. The highest BCUT2D eigenvalue weighted by Gasteiger charge is 1.92. The quantitative estimate of drug-likeness (QED) is 0.524. The van der Waals surface area contributed by atoms with Crippen molar-refractivity contribution in [1.82, 2.24) is 5.32 Å². The molecule has 0 aromatic rings. The van der Waals surface area contributed by atoms with E-state index in [4.69, 9.17) is 5.73 Å². The average Bonchev–Trinajstić information content (AvgIpc) is 1.68. The Bertz CT molecular complexity index is 37.1. The van der Waals surface area contributed by atoms with Crippen molar-refractivity contribution in [3.8, 4) is 0 Å². The van der Waals surface area contributed by atoms with Gasteiger partial charge in [0.05, 0.1) is 0 Å². The number of nitrogens with two attached hydrogens (primary N) is 1. The molecule has 0 aliphatic carbocycles. The van der Waals surface area contributed by atoms with Crippen LogP contribution in [0.15, 0.2) is 0 Å². The second-order valence-corrected chi connectivity index (χ2v) is 1.73. The Morgan fingerprint density at radius 2 is 2.29 bits per heavy atom. The Morgan fingerprint density at radius 3 is 2.43 bits per heavy atom. The van der Waals surface area contributed by atoms with Crippen molar-refractivity contribution < 1.29 is 0 Å². The van der Waals surface area contributed by atoms with Crippen LogP contribution in [0.3, 0.4) is 0 Å². The molecule has 0 aliphatic heterocycles. The summed E-state index contributed by atoms with van der Waals surface area (Å²) in [6.45, 7) is 3.01. The van der Waals surface area contributed by atoms with Gasteiger partial charge in [-0.1, -0.05) is 6.92 Å². The molecule has 1 unspecified atom stereocenters. The van der Waals surface area contributed by atoms with Crippen LogP contribution in [0.1, 0.15) is 13.3 Å². The van der Waals surface area contributed by atoms with E-state index < -0.39 is 0 Å². The molecule has 0 aliphatic rings. The highest BCUT2D eigenvalue weighted by molar-refractivity contribution is 4.58. The summed E-state index contributed by atoms with van der Waals surface area (Å²) in [6.07, 6.45) is 1.06. The number of likely N-dealkylation sites (N-methyl/N-ethyl adjacent to an activating group) is 1. The monoisotopic (exact) mass is 102 g/mol. The largest absolute Gasteiger partial charge is 0.327 e. The number of rotatable bonds is 3. The standard InChI is InChI=1S/C5H14N2/c1-3-5(6)4-7-2/h5,7H,3-4,6H2,1-2H3. The number of nitrogens with one attached hydrogen (secondary N) is 1. The summed E-state index contributed by atoms with van der Waals surface area (Å²) < 4.78 is 0. The molecular weight excluding hydrogens is 88.1 g/mol. The third-order valence-corrected chi connectivity index (χ3v) is 0.991. The third kappa shape index (κ3) is 3.76. The van der Waals surface area contributed by atoms with Gasteiger partial charge in [0.1, 0.15) is 0 Å². The van der Waals surface area contributed by atoms with Crippen molar-refractivity contribution in [1.29, 1.82) is 0 Å². The SMILES string of the molecule is CCC(N)CNC. The fourth-order valence-electron chi connectivity index (χ4n) is 0.407. The van der Waals surface area contributed by atoms with Gasteiger partial charge in [-0.25, -0.2) is 0 Å². The van der Waals surface area contributed by atoms with E-state index in [2.05, 4.69) is 12.2 Å². The average molecular weight is 102 g/mol. The summed E-state index contributed by atoms with van der Waals surface area (Å²) in [5.41, 5.74) is 5.52. The Morgan fingerprint density at radius 1 is 1.71 bits per heavy atom. The van der Waals surface area contributed by atoms with Gasteiger partial charge in [0.2, 0.25) is 0 Å². The number of hydrogen-bond acceptors (Lipinski definition) is 2. The first-order chi connectivity index (χ1) is 3.31. The van der Waals surface area contributed by atoms with Gasteiger partial charge in [-0.15, -0.1) is 0 Å². The second kappa shape index (κ2) is 4.09. The normalized spacial score (nSPS) is 14.1. The molecule has 0 fully saturated rings. The first kappa shape index (κ1) is 6.92. The molecule has 0 radical (unpaired) electrons. The number of hydrogen-bond donors (Lipinski definition) is 2. The highest BCUT2D eigenvalue weighted by Crippen LogP contribution is 1.79. The molecule has 0 amide bonds. The summed E-state index contributed by atoms with van der Waals surface area (Å²) in [7, 11) is 1.91. The van der Waals surface area contributed by atoms with Crippen LogP contribution in [0.4, 0.5) is 0 Å². The highest BCUT2D eigenvalue weighted by atomic mass is 14.9. The Hall–Kier alpha value is -0.0800. The molecule has 2 nitrogen and oxygen atoms in total. The smallest absolute Gasteiger partial charge is 0.0162 e. The lowest BCUT2D eigenvalue weighted by atomic mass is 10.2. The molecule has 0 saturated carbocycles. The van der Waals surface area contributed by atoms with Crippen LogP contribution in [-0.2, 0) is 0 Å². The maximum absolute atomic E-state index is 5.52. The van der Waals surface area contributed by atoms with Crippen LogP contribution in [0.2, 0.25) is 0 Å². The van der Waals surface area contributed by atoms with Gasteiger partial charge >= 0.3 is 0 Å². The van der Waals surface area contributed by atoms with Gasteiger partial charge in [-0.3, -0.25) is 0 Å². The van der Waals surface area contributed by atoms with Crippen molar-refractivity contribution in [3.63, 3.8) is 0 Å². The van der Waals surface area contributed by atoms with Crippen molar-refractivity contribution in [2.24, 2.45) is 5.73 Å². The van der Waals surface area contributed by atoms with Crippen LogP contribution in [-0.4, -0.2) is 19.6 Å². The predicted octanol–water partition coefficient (Wildman–Crippen LogP) is -0.0569. The Balaban J connectivity index is 2.83. The molecule has 0 aromatic carbocycles. The van der Waals surface area contributed by atoms with Crippen LogP contribution in [0, 0.1) is 0 Å². The van der Waals surface area contributed by atoms with Gasteiger partial charge in [-0.2, -0.15) is 0 Å². The molecule has 0 bridgehead atoms. The van der Waals surface area contributed by atoms with Crippen LogP contribution >= 0.6 is 0 Å². The minimum Gasteiger partial charge on any atom is -0.327 e. The lowest BCUT2D eigenvalue weighted by Crippen LogP contribution is -2.30. The van der Waals surface area contributed by atoms with Crippen LogP contribution in [0.5, 0.6) is 0 Å². The predicted molar refractivity (Wildman–Crippen MR) is 32.2 cm³/mol. The molecule has 0 rings (SSSR count). The maximum Gasteiger partial charge on any atom is 0.0162 e. The summed E-state index contributed by atoms with van der Waals surface area (Å²) in [6, 6.07) is 0.338. The van der Waals surface area contributed by atoms with Gasteiger partial charge in [-0.05, 0) is 13.5 Å². The molecule has 0 aromatic heterocycles. The summed E-state index contributed by atoms with van der Waals surface area (Å²) in [4.78, 5) is 0. The lowest BCUT2D eigenvalue weighted by molar-refractivity contribution is 0.602. The molecule has 1 atom stereocenters. The third-order valence-electron chi connectivity index (χ3n) is 0.991. The molecular formula is C5H14N2. The molecule has 3 N–H and O–H groups in total. The van der Waals surface area contributed by atoms with Crippen LogP contribution in [0.25, 0.3) is 0 Å². The Kier molecular flexibility index (Phi) is 4.04. The van der Waals surface area contributed by atoms with E-state index in [0.29, 0.717) is 6.04 Å². The molecule has 0 spiro atoms. The summed E-state index contributed by atoms with van der Waals surface area (Å²) >= 11 is 0. The Labute approximate surface area is 45.1 Å². The lowest BCUT2D eigenvalue weighted by Gasteiger charge is -2.04. The van der Waals surface area contributed by atoms with E-state index in [-0.39, 0.29) is 0 Å². The first-order valence-corrected chi connectivity index (χ1v) is 2.71. The minimum atomic E-state index is 0.338. The van der Waals surface area contributed by atoms with E-state index in [1.807, 2.05) is 7.05 Å². The maximum atomic E-state index is 5.52. The van der Waals surface area contributed by atoms with E-state index in [1.54, 1.807) is 0 Å². The van der Waals surface area contributed by atoms with Gasteiger partial charge in [0, 0.05) is 12.6 Å². The van der Waals surface area contributed by atoms with E-state index in [1.165, 1.54) is 0 Å². The van der Waals surface area contributed by atoms with Crippen molar-refractivity contribution in [2.75, 3.05) is 13.6 Å². The van der Waals surface area contributed by atoms with Gasteiger partial charge < -0.3 is 11.1 Å². The zero-order chi connectivity index (χ0) is 5.70. The minimum absolute atomic E-state index is 0.338. The molecule has 0 heterocycles. The summed E-state index contributed by atoms with van der Waals surface area (Å²) in [5, 5.41) is 2.99. The second-order valence-electron chi connectivity index (χ2n) is 1.73. The zero-order valence-electron chi connectivity index (χ0n) is 5.07. The van der Waals surface area contributed by atoms with Crippen molar-refractivity contribution >= 4 is 0 Å². The van der Waals surface area contributed by atoms with Gasteiger partial charge in [0.15, 0.2) is 0 Å².